The predicted molar refractivity (Wildman–Crippen MR) is 99.4 cm³/mol. The molecule has 0 unspecified atom stereocenters. The van der Waals surface area contributed by atoms with Crippen LogP contribution in [0.5, 0.6) is 11.5 Å². The number of benzene rings is 2. The van der Waals surface area contributed by atoms with Crippen LogP contribution in [0.25, 0.3) is 0 Å². The normalized spacial score (nSPS) is 10.1. The molecule has 9 heteroatoms. The number of nitrogens with one attached hydrogen (secondary N) is 1. The number of methoxy groups -OCH3 is 1. The van der Waals surface area contributed by atoms with Gasteiger partial charge in [0.25, 0.3) is 5.91 Å². The zero-order chi connectivity index (χ0) is 20.5. The Labute approximate surface area is 161 Å². The summed E-state index contributed by atoms with van der Waals surface area (Å²) in [4.78, 5) is 34.4. The van der Waals surface area contributed by atoms with E-state index in [4.69, 9.17) is 14.2 Å². The van der Waals surface area contributed by atoms with Gasteiger partial charge in [-0.15, -0.1) is 0 Å². The molecule has 2 aromatic carbocycles. The summed E-state index contributed by atoms with van der Waals surface area (Å²) in [6.45, 7) is 1.95. The predicted octanol–water partition coefficient (Wildman–Crippen LogP) is 2.48. The summed E-state index contributed by atoms with van der Waals surface area (Å²) in [6, 6.07) is 10.9. The van der Waals surface area contributed by atoms with Gasteiger partial charge < -0.3 is 19.5 Å². The molecule has 1 amide bonds. The van der Waals surface area contributed by atoms with E-state index in [-0.39, 0.29) is 30.2 Å². The molecule has 28 heavy (non-hydrogen) atoms. The van der Waals surface area contributed by atoms with Gasteiger partial charge in [0, 0.05) is 17.2 Å². The monoisotopic (exact) mass is 388 g/mol. The molecule has 0 spiro atoms. The molecule has 0 heterocycles. The number of hydrogen-bond donors (Lipinski definition) is 1. The number of hydrogen-bond acceptors (Lipinski definition) is 7. The van der Waals surface area contributed by atoms with E-state index in [9.17, 15) is 19.7 Å². The lowest BCUT2D eigenvalue weighted by Crippen LogP contribution is -2.30. The number of carbonyl (C=O) groups is 2. The molecule has 2 rings (SSSR count). The van der Waals surface area contributed by atoms with E-state index >= 15 is 0 Å². The summed E-state index contributed by atoms with van der Waals surface area (Å²) >= 11 is 0. The van der Waals surface area contributed by atoms with Gasteiger partial charge in [-0.05, 0) is 25.1 Å². The maximum Gasteiger partial charge on any atom is 0.325 e. The standard InChI is InChI=1S/C19H20N2O7/c1-3-27-16-7-5-4-6-14(16)12-28-18(22)11-20-19(23)13-8-9-17(26-2)15(10-13)21(24)25/h4-10H,3,11-12H2,1-2H3,(H,20,23). The first kappa shape index (κ1) is 20.7. The fraction of sp³-hybridized carbons (Fsp3) is 0.263. The maximum atomic E-state index is 12.1. The third-order valence-electron chi connectivity index (χ3n) is 3.69. The summed E-state index contributed by atoms with van der Waals surface area (Å²) < 4.78 is 15.5. The molecule has 0 bridgehead atoms. The van der Waals surface area contributed by atoms with Crippen LogP contribution in [0.15, 0.2) is 42.5 Å². The van der Waals surface area contributed by atoms with Gasteiger partial charge in [-0.2, -0.15) is 0 Å². The van der Waals surface area contributed by atoms with Gasteiger partial charge in [-0.3, -0.25) is 19.7 Å². The largest absolute Gasteiger partial charge is 0.493 e. The Morgan fingerprint density at radius 1 is 1.14 bits per heavy atom. The maximum absolute atomic E-state index is 12.1. The summed E-state index contributed by atoms with van der Waals surface area (Å²) in [5, 5.41) is 13.4. The van der Waals surface area contributed by atoms with E-state index < -0.39 is 16.8 Å². The van der Waals surface area contributed by atoms with Crippen LogP contribution in [0, 0.1) is 10.1 Å². The topological polar surface area (TPSA) is 117 Å². The number of carbonyl (C=O) groups excluding carboxylic acids is 2. The molecule has 2 aromatic rings. The quantitative estimate of drug-likeness (QED) is 0.398. The first-order valence-electron chi connectivity index (χ1n) is 8.43. The fourth-order valence-corrected chi connectivity index (χ4v) is 2.36. The summed E-state index contributed by atoms with van der Waals surface area (Å²) in [7, 11) is 1.29. The van der Waals surface area contributed by atoms with Crippen molar-refractivity contribution in [1.82, 2.24) is 5.32 Å². The van der Waals surface area contributed by atoms with Crippen molar-refractivity contribution >= 4 is 17.6 Å². The first-order chi connectivity index (χ1) is 13.5. The lowest BCUT2D eigenvalue weighted by Gasteiger charge is -2.11. The van der Waals surface area contributed by atoms with Gasteiger partial charge in [-0.25, -0.2) is 0 Å². The van der Waals surface area contributed by atoms with Crippen LogP contribution >= 0.6 is 0 Å². The van der Waals surface area contributed by atoms with Crippen LogP contribution in [0.3, 0.4) is 0 Å². The van der Waals surface area contributed by atoms with E-state index in [0.29, 0.717) is 17.9 Å². The van der Waals surface area contributed by atoms with Crippen molar-refractivity contribution in [2.75, 3.05) is 20.3 Å². The SMILES string of the molecule is CCOc1ccccc1COC(=O)CNC(=O)c1ccc(OC)c([N+](=O)[O-])c1. The Bertz CT molecular complexity index is 867. The van der Waals surface area contributed by atoms with Crippen LogP contribution in [0.2, 0.25) is 0 Å². The second kappa shape index (κ2) is 9.91. The highest BCUT2D eigenvalue weighted by molar-refractivity contribution is 5.96. The highest BCUT2D eigenvalue weighted by Crippen LogP contribution is 2.27. The van der Waals surface area contributed by atoms with Crippen molar-refractivity contribution in [2.45, 2.75) is 13.5 Å². The van der Waals surface area contributed by atoms with Crippen LogP contribution in [0.1, 0.15) is 22.8 Å². The molecular formula is C19H20N2O7. The Hall–Kier alpha value is -3.62. The second-order valence-electron chi connectivity index (χ2n) is 5.53. The fourth-order valence-electron chi connectivity index (χ4n) is 2.36. The number of nitro benzene ring substituents is 1. The molecule has 0 aliphatic rings. The minimum absolute atomic E-state index is 0.00111. The lowest BCUT2D eigenvalue weighted by molar-refractivity contribution is -0.385. The van der Waals surface area contributed by atoms with Gasteiger partial charge in [0.05, 0.1) is 18.6 Å². The number of ether oxygens (including phenoxy) is 3. The average Bonchev–Trinajstić information content (AvgIpc) is 2.71. The van der Waals surface area contributed by atoms with E-state index in [1.54, 1.807) is 18.2 Å². The van der Waals surface area contributed by atoms with Gasteiger partial charge >= 0.3 is 11.7 Å². The number of nitrogens with zero attached hydrogens (tertiary/aromatic N) is 1. The zero-order valence-electron chi connectivity index (χ0n) is 15.5. The molecule has 1 N–H and O–H groups in total. The van der Waals surface area contributed by atoms with E-state index in [2.05, 4.69) is 5.32 Å². The first-order valence-corrected chi connectivity index (χ1v) is 8.43. The molecule has 0 saturated heterocycles. The van der Waals surface area contributed by atoms with E-state index in [0.717, 1.165) is 6.07 Å². The Kier molecular flexibility index (Phi) is 7.32. The number of amides is 1. The number of esters is 1. The van der Waals surface area contributed by atoms with Gasteiger partial charge in [0.2, 0.25) is 0 Å². The highest BCUT2D eigenvalue weighted by Gasteiger charge is 2.18. The molecule has 0 atom stereocenters. The average molecular weight is 388 g/mol. The summed E-state index contributed by atoms with van der Waals surface area (Å²) in [6.07, 6.45) is 0. The third kappa shape index (κ3) is 5.44. The van der Waals surface area contributed by atoms with Crippen LogP contribution in [-0.2, 0) is 16.1 Å². The Morgan fingerprint density at radius 3 is 2.57 bits per heavy atom. The van der Waals surface area contributed by atoms with Crippen molar-refractivity contribution in [3.8, 4) is 11.5 Å². The molecule has 0 aromatic heterocycles. The van der Waals surface area contributed by atoms with Crippen LogP contribution < -0.4 is 14.8 Å². The molecule has 0 saturated carbocycles. The molecule has 0 radical (unpaired) electrons. The van der Waals surface area contributed by atoms with E-state index in [1.165, 1.54) is 19.2 Å². The van der Waals surface area contributed by atoms with Gasteiger partial charge in [0.1, 0.15) is 18.9 Å². The number of para-hydroxylation sites is 1. The minimum atomic E-state index is -0.653. The minimum Gasteiger partial charge on any atom is -0.493 e. The van der Waals surface area contributed by atoms with E-state index in [1.807, 2.05) is 13.0 Å². The lowest BCUT2D eigenvalue weighted by atomic mass is 10.1. The number of rotatable bonds is 9. The molecule has 0 aliphatic carbocycles. The molecule has 0 aliphatic heterocycles. The molecule has 148 valence electrons. The zero-order valence-corrected chi connectivity index (χ0v) is 15.5. The van der Waals surface area contributed by atoms with Gasteiger partial charge in [-0.1, -0.05) is 18.2 Å². The van der Waals surface area contributed by atoms with Gasteiger partial charge in [0.15, 0.2) is 5.75 Å². The van der Waals surface area contributed by atoms with Crippen molar-refractivity contribution < 1.29 is 28.7 Å². The number of nitro groups is 1. The molecular weight excluding hydrogens is 368 g/mol. The smallest absolute Gasteiger partial charge is 0.325 e. The highest BCUT2D eigenvalue weighted by atomic mass is 16.6. The Morgan fingerprint density at radius 2 is 1.89 bits per heavy atom. The summed E-state index contributed by atoms with van der Waals surface area (Å²) in [5.41, 5.74) is 0.391. The van der Waals surface area contributed by atoms with Crippen molar-refractivity contribution in [3.63, 3.8) is 0 Å². The second-order valence-corrected chi connectivity index (χ2v) is 5.53. The van der Waals surface area contributed by atoms with Crippen LogP contribution in [0.4, 0.5) is 5.69 Å². The molecule has 9 nitrogen and oxygen atoms in total. The van der Waals surface area contributed by atoms with Crippen molar-refractivity contribution in [3.05, 3.63) is 63.7 Å². The third-order valence-corrected chi connectivity index (χ3v) is 3.69. The van der Waals surface area contributed by atoms with Crippen LogP contribution in [-0.4, -0.2) is 37.1 Å². The summed E-state index contributed by atoms with van der Waals surface area (Å²) in [5.74, 6) is -0.638. The van der Waals surface area contributed by atoms with Crippen molar-refractivity contribution in [2.24, 2.45) is 0 Å². The molecule has 0 fully saturated rings. The van der Waals surface area contributed by atoms with Crippen molar-refractivity contribution in [1.29, 1.82) is 0 Å². The Balaban J connectivity index is 1.92.